The second-order valence-electron chi connectivity index (χ2n) is 4.00. The standard InChI is InChI=1S/C12H12FN3O2/c1-6-10(7(2)16(3)15-6)11-8(13)4-5-9(14-11)12(17)18/h4-5H,1-3H3,(H,17,18). The Morgan fingerprint density at radius 3 is 2.56 bits per heavy atom. The van der Waals surface area contributed by atoms with Crippen molar-refractivity contribution in [3.05, 3.63) is 35.0 Å². The van der Waals surface area contributed by atoms with E-state index < -0.39 is 11.8 Å². The molecule has 0 bridgehead atoms. The lowest BCUT2D eigenvalue weighted by atomic mass is 10.1. The maximum absolute atomic E-state index is 13.8. The lowest BCUT2D eigenvalue weighted by molar-refractivity contribution is 0.0690. The minimum absolute atomic E-state index is 0.0259. The van der Waals surface area contributed by atoms with Gasteiger partial charge >= 0.3 is 5.97 Å². The van der Waals surface area contributed by atoms with Crippen molar-refractivity contribution in [2.45, 2.75) is 13.8 Å². The van der Waals surface area contributed by atoms with E-state index in [0.29, 0.717) is 11.3 Å². The van der Waals surface area contributed by atoms with Gasteiger partial charge in [-0.25, -0.2) is 14.2 Å². The van der Waals surface area contributed by atoms with Crippen LogP contribution in [0.3, 0.4) is 0 Å². The van der Waals surface area contributed by atoms with Crippen molar-refractivity contribution in [1.82, 2.24) is 14.8 Å². The summed E-state index contributed by atoms with van der Waals surface area (Å²) < 4.78 is 15.4. The van der Waals surface area contributed by atoms with E-state index in [2.05, 4.69) is 10.1 Å². The number of hydrogen-bond donors (Lipinski definition) is 1. The van der Waals surface area contributed by atoms with Crippen molar-refractivity contribution < 1.29 is 14.3 Å². The molecule has 5 nitrogen and oxygen atoms in total. The number of nitrogens with zero attached hydrogens (tertiary/aromatic N) is 3. The molecule has 0 saturated heterocycles. The highest BCUT2D eigenvalue weighted by atomic mass is 19.1. The van der Waals surface area contributed by atoms with Gasteiger partial charge in [-0.3, -0.25) is 4.68 Å². The first-order chi connectivity index (χ1) is 8.41. The van der Waals surface area contributed by atoms with E-state index in [1.165, 1.54) is 0 Å². The molecule has 0 unspecified atom stereocenters. The van der Waals surface area contributed by atoms with Crippen molar-refractivity contribution in [3.63, 3.8) is 0 Å². The zero-order valence-corrected chi connectivity index (χ0v) is 10.2. The number of carboxylic acids is 1. The van der Waals surface area contributed by atoms with Gasteiger partial charge < -0.3 is 5.11 Å². The Balaban J connectivity index is 2.70. The van der Waals surface area contributed by atoms with Gasteiger partial charge in [0.05, 0.1) is 5.69 Å². The van der Waals surface area contributed by atoms with Gasteiger partial charge in [0.25, 0.3) is 0 Å². The van der Waals surface area contributed by atoms with Crippen LogP contribution in [0.5, 0.6) is 0 Å². The van der Waals surface area contributed by atoms with Crippen LogP contribution in [-0.2, 0) is 7.05 Å². The number of aromatic nitrogens is 3. The molecular weight excluding hydrogens is 237 g/mol. The maximum atomic E-state index is 13.8. The quantitative estimate of drug-likeness (QED) is 0.883. The molecule has 0 fully saturated rings. The number of pyridine rings is 1. The molecule has 0 amide bonds. The number of carbonyl (C=O) groups is 1. The molecule has 0 saturated carbocycles. The fraction of sp³-hybridized carbons (Fsp3) is 0.250. The molecule has 0 atom stereocenters. The van der Waals surface area contributed by atoms with E-state index in [1.807, 2.05) is 0 Å². The number of halogens is 1. The van der Waals surface area contributed by atoms with E-state index in [0.717, 1.165) is 17.8 Å². The van der Waals surface area contributed by atoms with Gasteiger partial charge in [0.15, 0.2) is 0 Å². The van der Waals surface area contributed by atoms with Gasteiger partial charge in [-0.15, -0.1) is 0 Å². The Morgan fingerprint density at radius 2 is 2.06 bits per heavy atom. The highest BCUT2D eigenvalue weighted by molar-refractivity contribution is 5.86. The van der Waals surface area contributed by atoms with Crippen LogP contribution in [-0.4, -0.2) is 25.8 Å². The van der Waals surface area contributed by atoms with Gasteiger partial charge in [0, 0.05) is 18.3 Å². The number of aryl methyl sites for hydroxylation is 2. The molecule has 0 aliphatic rings. The molecule has 6 heteroatoms. The highest BCUT2D eigenvalue weighted by Gasteiger charge is 2.18. The molecule has 2 aromatic heterocycles. The topological polar surface area (TPSA) is 68.0 Å². The van der Waals surface area contributed by atoms with Crippen molar-refractivity contribution in [3.8, 4) is 11.3 Å². The van der Waals surface area contributed by atoms with E-state index in [9.17, 15) is 9.18 Å². The minimum atomic E-state index is -1.18. The van der Waals surface area contributed by atoms with Crippen molar-refractivity contribution >= 4 is 5.97 Å². The predicted octanol–water partition coefficient (Wildman–Crippen LogP) is 1.94. The molecular formula is C12H12FN3O2. The third-order valence-electron chi connectivity index (χ3n) is 2.81. The Bertz CT molecular complexity index is 634. The molecule has 0 aliphatic carbocycles. The average Bonchev–Trinajstić information content (AvgIpc) is 2.54. The van der Waals surface area contributed by atoms with Crippen molar-refractivity contribution in [2.75, 3.05) is 0 Å². The van der Waals surface area contributed by atoms with Gasteiger partial charge in [-0.2, -0.15) is 5.10 Å². The molecule has 2 rings (SSSR count). The largest absolute Gasteiger partial charge is 0.477 e. The monoisotopic (exact) mass is 249 g/mol. The molecule has 0 aromatic carbocycles. The summed E-state index contributed by atoms with van der Waals surface area (Å²) >= 11 is 0. The lowest BCUT2D eigenvalue weighted by Crippen LogP contribution is -2.03. The van der Waals surface area contributed by atoms with Crippen LogP contribution in [0.25, 0.3) is 11.3 Å². The van der Waals surface area contributed by atoms with E-state index in [4.69, 9.17) is 5.11 Å². The minimum Gasteiger partial charge on any atom is -0.477 e. The molecule has 0 aliphatic heterocycles. The SMILES string of the molecule is Cc1nn(C)c(C)c1-c1nc(C(=O)O)ccc1F. The fourth-order valence-electron chi connectivity index (χ4n) is 1.85. The summed E-state index contributed by atoms with van der Waals surface area (Å²) in [6, 6.07) is 2.25. The molecule has 0 spiro atoms. The van der Waals surface area contributed by atoms with Crippen LogP contribution in [0.2, 0.25) is 0 Å². The Labute approximate surface area is 103 Å². The fourth-order valence-corrected chi connectivity index (χ4v) is 1.85. The smallest absolute Gasteiger partial charge is 0.354 e. The van der Waals surface area contributed by atoms with E-state index in [-0.39, 0.29) is 11.4 Å². The Hall–Kier alpha value is -2.24. The summed E-state index contributed by atoms with van der Waals surface area (Å²) in [5.41, 5.74) is 1.73. The van der Waals surface area contributed by atoms with E-state index in [1.54, 1.807) is 25.6 Å². The summed E-state index contributed by atoms with van der Waals surface area (Å²) in [5, 5.41) is 13.1. The Morgan fingerprint density at radius 1 is 1.39 bits per heavy atom. The molecule has 2 aromatic rings. The third kappa shape index (κ3) is 1.85. The van der Waals surface area contributed by atoms with Crippen molar-refractivity contribution in [2.24, 2.45) is 7.05 Å². The first-order valence-electron chi connectivity index (χ1n) is 5.32. The number of hydrogen-bond acceptors (Lipinski definition) is 3. The van der Waals surface area contributed by atoms with Crippen LogP contribution in [0.15, 0.2) is 12.1 Å². The van der Waals surface area contributed by atoms with Gasteiger partial charge in [-0.1, -0.05) is 0 Å². The molecule has 94 valence electrons. The second kappa shape index (κ2) is 4.21. The zero-order chi connectivity index (χ0) is 13.4. The first-order valence-corrected chi connectivity index (χ1v) is 5.32. The van der Waals surface area contributed by atoms with Crippen LogP contribution >= 0.6 is 0 Å². The summed E-state index contributed by atoms with van der Waals surface area (Å²) in [6.07, 6.45) is 0. The summed E-state index contributed by atoms with van der Waals surface area (Å²) in [4.78, 5) is 14.7. The average molecular weight is 249 g/mol. The van der Waals surface area contributed by atoms with Crippen LogP contribution in [0.4, 0.5) is 4.39 Å². The number of rotatable bonds is 2. The predicted molar refractivity (Wildman–Crippen MR) is 62.8 cm³/mol. The highest BCUT2D eigenvalue weighted by Crippen LogP contribution is 2.27. The molecule has 18 heavy (non-hydrogen) atoms. The normalized spacial score (nSPS) is 10.7. The lowest BCUT2D eigenvalue weighted by Gasteiger charge is -2.04. The van der Waals surface area contributed by atoms with Crippen molar-refractivity contribution in [1.29, 1.82) is 0 Å². The Kier molecular flexibility index (Phi) is 2.86. The maximum Gasteiger partial charge on any atom is 0.354 e. The molecule has 2 heterocycles. The summed E-state index contributed by atoms with van der Waals surface area (Å²) in [7, 11) is 1.74. The molecule has 0 radical (unpaired) electrons. The number of aromatic carboxylic acids is 1. The first kappa shape index (κ1) is 12.2. The van der Waals surface area contributed by atoms with Gasteiger partial charge in [0.1, 0.15) is 17.2 Å². The zero-order valence-electron chi connectivity index (χ0n) is 10.2. The van der Waals surface area contributed by atoms with E-state index >= 15 is 0 Å². The number of carboxylic acid groups (broad SMARTS) is 1. The summed E-state index contributed by atoms with van der Waals surface area (Å²) in [6.45, 7) is 3.51. The van der Waals surface area contributed by atoms with Crippen LogP contribution < -0.4 is 0 Å². The second-order valence-corrected chi connectivity index (χ2v) is 4.00. The summed E-state index contributed by atoms with van der Waals surface area (Å²) in [5.74, 6) is -1.74. The van der Waals surface area contributed by atoms with Gasteiger partial charge in [-0.05, 0) is 26.0 Å². The molecule has 1 N–H and O–H groups in total. The third-order valence-corrected chi connectivity index (χ3v) is 2.81. The van der Waals surface area contributed by atoms with Crippen LogP contribution in [0.1, 0.15) is 21.9 Å². The van der Waals surface area contributed by atoms with Crippen LogP contribution in [0, 0.1) is 19.7 Å². The van der Waals surface area contributed by atoms with Gasteiger partial charge in [0.2, 0.25) is 0 Å².